The van der Waals surface area contributed by atoms with Crippen LogP contribution in [0, 0.1) is 12.8 Å². The fourth-order valence-electron chi connectivity index (χ4n) is 4.46. The van der Waals surface area contributed by atoms with Crippen molar-refractivity contribution in [1.29, 1.82) is 0 Å². The van der Waals surface area contributed by atoms with E-state index in [1.165, 1.54) is 16.8 Å². The Hall–Kier alpha value is -2.59. The van der Waals surface area contributed by atoms with E-state index in [0.29, 0.717) is 19.1 Å². The Labute approximate surface area is 206 Å². The van der Waals surface area contributed by atoms with Crippen molar-refractivity contribution in [3.63, 3.8) is 0 Å². The molecule has 2 aromatic carbocycles. The summed E-state index contributed by atoms with van der Waals surface area (Å²) in [6.45, 7) is 14.5. The molecule has 0 amide bonds. The van der Waals surface area contributed by atoms with Gasteiger partial charge in [0.15, 0.2) is 5.78 Å². The third-order valence-corrected chi connectivity index (χ3v) is 6.26. The summed E-state index contributed by atoms with van der Waals surface area (Å²) in [4.78, 5) is 14.7. The van der Waals surface area contributed by atoms with Gasteiger partial charge in [0.25, 0.3) is 0 Å². The van der Waals surface area contributed by atoms with Crippen molar-refractivity contribution in [3.8, 4) is 16.9 Å². The fourth-order valence-corrected chi connectivity index (χ4v) is 4.46. The van der Waals surface area contributed by atoms with Gasteiger partial charge in [0.1, 0.15) is 12.4 Å². The lowest BCUT2D eigenvalue weighted by Gasteiger charge is -2.31. The number of nitrogens with zero attached hydrogens (tertiary/aromatic N) is 1. The van der Waals surface area contributed by atoms with Gasteiger partial charge < -0.3 is 14.4 Å². The Morgan fingerprint density at radius 1 is 1.09 bits per heavy atom. The average Bonchev–Trinajstić information content (AvgIpc) is 2.79. The number of hydrogen-bond donors (Lipinski definition) is 0. The van der Waals surface area contributed by atoms with Crippen LogP contribution in [0.25, 0.3) is 17.2 Å². The van der Waals surface area contributed by atoms with E-state index in [-0.39, 0.29) is 5.78 Å². The zero-order valence-corrected chi connectivity index (χ0v) is 21.7. The largest absolute Gasteiger partial charge is 0.491 e. The minimum atomic E-state index is 0.172. The summed E-state index contributed by atoms with van der Waals surface area (Å²) < 4.78 is 11.4. The molecular weight excluding hydrogens is 422 g/mol. The van der Waals surface area contributed by atoms with Crippen molar-refractivity contribution < 1.29 is 14.3 Å². The Morgan fingerprint density at radius 3 is 2.53 bits per heavy atom. The Balaban J connectivity index is 1.84. The molecule has 0 aliphatic carbocycles. The zero-order valence-electron chi connectivity index (χ0n) is 21.7. The van der Waals surface area contributed by atoms with E-state index in [0.717, 1.165) is 67.8 Å². The van der Waals surface area contributed by atoms with Crippen LogP contribution in [0.1, 0.15) is 64.5 Å². The summed E-state index contributed by atoms with van der Waals surface area (Å²) in [7, 11) is 0. The Bertz CT molecular complexity index is 975. The number of ether oxygens (including phenoxy) is 2. The van der Waals surface area contributed by atoms with E-state index in [1.807, 2.05) is 12.1 Å². The van der Waals surface area contributed by atoms with Crippen LogP contribution in [-0.2, 0) is 9.53 Å². The molecule has 0 bridgehead atoms. The van der Waals surface area contributed by atoms with Crippen molar-refractivity contribution in [1.82, 2.24) is 0 Å². The number of carbonyl (C=O) groups is 1. The molecule has 2 aromatic rings. The molecule has 0 saturated carbocycles. The van der Waals surface area contributed by atoms with Crippen LogP contribution in [0.15, 0.2) is 42.0 Å². The van der Waals surface area contributed by atoms with Crippen molar-refractivity contribution >= 4 is 17.5 Å². The maximum Gasteiger partial charge on any atom is 0.155 e. The van der Waals surface area contributed by atoms with Gasteiger partial charge in [0.2, 0.25) is 0 Å². The highest BCUT2D eigenvalue weighted by molar-refractivity contribution is 5.99. The van der Waals surface area contributed by atoms with Gasteiger partial charge in [0.05, 0.1) is 6.61 Å². The molecular formula is C30H41NO3. The maximum atomic E-state index is 12.2. The normalized spacial score (nSPS) is 15.4. The first-order valence-corrected chi connectivity index (χ1v) is 12.8. The second-order valence-corrected chi connectivity index (χ2v) is 9.73. The predicted molar refractivity (Wildman–Crippen MR) is 143 cm³/mol. The summed E-state index contributed by atoms with van der Waals surface area (Å²) >= 11 is 0. The number of anilines is 1. The molecule has 4 nitrogen and oxygen atoms in total. The van der Waals surface area contributed by atoms with Crippen LogP contribution in [0.4, 0.5) is 5.69 Å². The van der Waals surface area contributed by atoms with Gasteiger partial charge in [0, 0.05) is 25.4 Å². The molecule has 0 unspecified atom stereocenters. The molecule has 184 valence electrons. The number of benzene rings is 2. The van der Waals surface area contributed by atoms with Gasteiger partial charge in [-0.25, -0.2) is 0 Å². The summed E-state index contributed by atoms with van der Waals surface area (Å²) in [6.07, 6.45) is 6.19. The van der Waals surface area contributed by atoms with Crippen molar-refractivity contribution in [2.24, 2.45) is 5.92 Å². The summed E-state index contributed by atoms with van der Waals surface area (Å²) in [5, 5.41) is 0. The second kappa shape index (κ2) is 12.8. The third kappa shape index (κ3) is 7.20. The molecule has 0 fully saturated rings. The average molecular weight is 464 g/mol. The SMILES string of the molecule is CCCCOCCOc1ccc(-c2cc3c(cc2C)N(CC(C)C)CCC/C(C(C)=O)=C\3)cc1. The number of hydrogen-bond acceptors (Lipinski definition) is 4. The highest BCUT2D eigenvalue weighted by atomic mass is 16.5. The summed E-state index contributed by atoms with van der Waals surface area (Å²) in [6, 6.07) is 12.8. The van der Waals surface area contributed by atoms with Crippen molar-refractivity contribution in [2.75, 3.05) is 37.8 Å². The zero-order chi connectivity index (χ0) is 24.5. The molecule has 0 N–H and O–H groups in total. The highest BCUT2D eigenvalue weighted by Crippen LogP contribution is 2.35. The van der Waals surface area contributed by atoms with Gasteiger partial charge in [-0.1, -0.05) is 39.3 Å². The minimum Gasteiger partial charge on any atom is -0.491 e. The summed E-state index contributed by atoms with van der Waals surface area (Å²) in [5.74, 6) is 1.60. The van der Waals surface area contributed by atoms with Gasteiger partial charge >= 0.3 is 0 Å². The number of ketones is 1. The Kier molecular flexibility index (Phi) is 9.76. The first-order chi connectivity index (χ1) is 16.4. The standard InChI is InChI=1S/C30H41NO3/c1-6-7-15-33-16-17-34-28-12-10-25(11-13-28)29-20-27-19-26(24(5)32)9-8-14-31(21-22(2)3)30(27)18-23(29)4/h10-13,18-20,22H,6-9,14-17,21H2,1-5H3/b26-19+. The van der Waals surface area contributed by atoms with Gasteiger partial charge in [-0.2, -0.15) is 0 Å². The van der Waals surface area contributed by atoms with E-state index in [2.05, 4.69) is 62.9 Å². The van der Waals surface area contributed by atoms with E-state index in [4.69, 9.17) is 9.47 Å². The van der Waals surface area contributed by atoms with Crippen molar-refractivity contribution in [3.05, 3.63) is 53.1 Å². The topological polar surface area (TPSA) is 38.8 Å². The second-order valence-electron chi connectivity index (χ2n) is 9.73. The summed E-state index contributed by atoms with van der Waals surface area (Å²) in [5.41, 5.74) is 6.88. The molecule has 0 atom stereocenters. The van der Waals surface area contributed by atoms with Crippen LogP contribution in [0.2, 0.25) is 0 Å². The number of rotatable bonds is 11. The molecule has 4 heteroatoms. The van der Waals surface area contributed by atoms with Gasteiger partial charge in [-0.05, 0) is 97.2 Å². The quantitative estimate of drug-likeness (QED) is 0.334. The first kappa shape index (κ1) is 26.0. The third-order valence-electron chi connectivity index (χ3n) is 6.26. The van der Waals surface area contributed by atoms with E-state index >= 15 is 0 Å². The fraction of sp³-hybridized carbons (Fsp3) is 0.500. The lowest BCUT2D eigenvalue weighted by atomic mass is 9.92. The minimum absolute atomic E-state index is 0.172. The molecule has 1 heterocycles. The molecule has 0 radical (unpaired) electrons. The van der Waals surface area contributed by atoms with Crippen LogP contribution in [0.3, 0.4) is 0 Å². The van der Waals surface area contributed by atoms with Crippen LogP contribution in [-0.4, -0.2) is 38.7 Å². The van der Waals surface area contributed by atoms with Crippen LogP contribution >= 0.6 is 0 Å². The van der Waals surface area contributed by atoms with E-state index < -0.39 is 0 Å². The smallest absolute Gasteiger partial charge is 0.155 e. The van der Waals surface area contributed by atoms with Gasteiger partial charge in [-0.3, -0.25) is 4.79 Å². The lowest BCUT2D eigenvalue weighted by Crippen LogP contribution is -2.30. The molecule has 34 heavy (non-hydrogen) atoms. The molecule has 0 aromatic heterocycles. The number of fused-ring (bicyclic) bond motifs is 1. The number of carbonyl (C=O) groups excluding carboxylic acids is 1. The molecule has 0 saturated heterocycles. The number of Topliss-reactive ketones (excluding diaryl/α,β-unsaturated/α-hetero) is 1. The van der Waals surface area contributed by atoms with E-state index in [9.17, 15) is 4.79 Å². The number of unbranched alkanes of at least 4 members (excludes halogenated alkanes) is 1. The van der Waals surface area contributed by atoms with Crippen LogP contribution in [0.5, 0.6) is 5.75 Å². The molecule has 1 aliphatic heterocycles. The first-order valence-electron chi connectivity index (χ1n) is 12.8. The number of aryl methyl sites for hydroxylation is 1. The van der Waals surface area contributed by atoms with Crippen LogP contribution < -0.4 is 9.64 Å². The monoisotopic (exact) mass is 463 g/mol. The molecule has 3 rings (SSSR count). The Morgan fingerprint density at radius 2 is 1.85 bits per heavy atom. The number of allylic oxidation sites excluding steroid dienone is 1. The highest BCUT2D eigenvalue weighted by Gasteiger charge is 2.19. The molecule has 1 aliphatic rings. The predicted octanol–water partition coefficient (Wildman–Crippen LogP) is 7.09. The lowest BCUT2D eigenvalue weighted by molar-refractivity contribution is -0.113. The maximum absolute atomic E-state index is 12.2. The van der Waals surface area contributed by atoms with E-state index in [1.54, 1.807) is 6.92 Å². The van der Waals surface area contributed by atoms with Crippen molar-refractivity contribution in [2.45, 2.75) is 60.3 Å². The molecule has 0 spiro atoms. The van der Waals surface area contributed by atoms with Gasteiger partial charge in [-0.15, -0.1) is 0 Å².